The fourth-order valence-electron chi connectivity index (χ4n) is 2.68. The molecule has 2 N–H and O–H groups in total. The van der Waals surface area contributed by atoms with Gasteiger partial charge in [-0.15, -0.1) is 0 Å². The molecule has 2 aromatic carbocycles. The van der Waals surface area contributed by atoms with Crippen LogP contribution in [-0.2, 0) is 0 Å². The van der Waals surface area contributed by atoms with E-state index < -0.39 is 0 Å². The van der Waals surface area contributed by atoms with E-state index in [1.165, 1.54) is 0 Å². The number of halogens is 2. The molecule has 6 heteroatoms. The highest BCUT2D eigenvalue weighted by molar-refractivity contribution is 6.36. The summed E-state index contributed by atoms with van der Waals surface area (Å²) in [6.07, 6.45) is 0. The molecule has 0 spiro atoms. The van der Waals surface area contributed by atoms with E-state index in [0.29, 0.717) is 32.4 Å². The van der Waals surface area contributed by atoms with Gasteiger partial charge in [-0.25, -0.2) is 4.98 Å². The van der Waals surface area contributed by atoms with Crippen molar-refractivity contribution in [1.82, 2.24) is 4.98 Å². The second kappa shape index (κ2) is 7.25. The molecule has 1 heterocycles. The van der Waals surface area contributed by atoms with Crippen LogP contribution in [0.1, 0.15) is 5.56 Å². The molecule has 1 aromatic heterocycles. The van der Waals surface area contributed by atoms with Crippen molar-refractivity contribution in [2.45, 2.75) is 0 Å². The lowest BCUT2D eigenvalue weighted by Gasteiger charge is -2.14. The number of pyridine rings is 1. The maximum atomic E-state index is 9.53. The zero-order valence-electron chi connectivity index (χ0n) is 14.3. The predicted molar refractivity (Wildman–Crippen MR) is 109 cm³/mol. The van der Waals surface area contributed by atoms with Crippen molar-refractivity contribution in [2.75, 3.05) is 24.7 Å². The Balaban J connectivity index is 2.18. The third kappa shape index (κ3) is 3.45. The first-order valence-corrected chi connectivity index (χ1v) is 8.60. The molecule has 0 aliphatic rings. The molecule has 0 fully saturated rings. The van der Waals surface area contributed by atoms with E-state index in [1.807, 2.05) is 49.3 Å². The number of rotatable bonds is 3. The van der Waals surface area contributed by atoms with Gasteiger partial charge in [-0.3, -0.25) is 0 Å². The Morgan fingerprint density at radius 1 is 1.00 bits per heavy atom. The Morgan fingerprint density at radius 2 is 1.69 bits per heavy atom. The molecule has 0 atom stereocenters. The summed E-state index contributed by atoms with van der Waals surface area (Å²) in [6, 6.07) is 17.0. The summed E-state index contributed by atoms with van der Waals surface area (Å²) in [4.78, 5) is 6.36. The van der Waals surface area contributed by atoms with E-state index in [9.17, 15) is 5.26 Å². The Hall–Kier alpha value is -2.74. The molecule has 0 saturated carbocycles. The van der Waals surface area contributed by atoms with Gasteiger partial charge in [0.25, 0.3) is 0 Å². The fourth-order valence-corrected chi connectivity index (χ4v) is 3.19. The summed E-state index contributed by atoms with van der Waals surface area (Å²) in [5.41, 5.74) is 10.4. The molecule has 26 heavy (non-hydrogen) atoms. The number of nitriles is 1. The molecule has 0 saturated heterocycles. The smallest absolute Gasteiger partial charge is 0.142 e. The third-order valence-corrected chi connectivity index (χ3v) is 4.61. The van der Waals surface area contributed by atoms with Gasteiger partial charge < -0.3 is 10.6 Å². The minimum Gasteiger partial charge on any atom is -0.383 e. The van der Waals surface area contributed by atoms with Crippen LogP contribution in [0.15, 0.2) is 48.5 Å². The van der Waals surface area contributed by atoms with Gasteiger partial charge in [0.05, 0.1) is 10.7 Å². The number of nitrogens with two attached hydrogens (primary N) is 1. The second-order valence-electron chi connectivity index (χ2n) is 5.99. The molecular formula is C20H16Cl2N4. The summed E-state index contributed by atoms with van der Waals surface area (Å²) in [5, 5.41) is 10.6. The van der Waals surface area contributed by atoms with Crippen molar-refractivity contribution in [3.63, 3.8) is 0 Å². The first kappa shape index (κ1) is 18.1. The molecule has 0 amide bonds. The average Bonchev–Trinajstić information content (AvgIpc) is 2.61. The molecule has 0 radical (unpaired) electrons. The van der Waals surface area contributed by atoms with Gasteiger partial charge in [-0.1, -0.05) is 35.3 Å². The monoisotopic (exact) mass is 382 g/mol. The fraction of sp³-hybridized carbons (Fsp3) is 0.100. The predicted octanol–water partition coefficient (Wildman–Crippen LogP) is 5.24. The van der Waals surface area contributed by atoms with Crippen LogP contribution in [0.2, 0.25) is 10.0 Å². The number of anilines is 2. The number of nitrogens with zero attached hydrogens (tertiary/aromatic N) is 3. The van der Waals surface area contributed by atoms with Gasteiger partial charge in [-0.2, -0.15) is 5.26 Å². The van der Waals surface area contributed by atoms with Crippen LogP contribution in [0.3, 0.4) is 0 Å². The Labute approximate surface area is 162 Å². The van der Waals surface area contributed by atoms with Crippen LogP contribution in [0, 0.1) is 11.3 Å². The largest absolute Gasteiger partial charge is 0.383 e. The van der Waals surface area contributed by atoms with Crippen LogP contribution in [-0.4, -0.2) is 19.1 Å². The van der Waals surface area contributed by atoms with E-state index >= 15 is 0 Å². The highest BCUT2D eigenvalue weighted by Gasteiger charge is 2.15. The van der Waals surface area contributed by atoms with Crippen LogP contribution < -0.4 is 10.6 Å². The van der Waals surface area contributed by atoms with Gasteiger partial charge in [0.15, 0.2) is 0 Å². The Kier molecular flexibility index (Phi) is 5.03. The maximum Gasteiger partial charge on any atom is 0.142 e. The Bertz CT molecular complexity index is 1010. The van der Waals surface area contributed by atoms with E-state index in [-0.39, 0.29) is 5.82 Å². The topological polar surface area (TPSA) is 65.9 Å². The highest BCUT2D eigenvalue weighted by Crippen LogP contribution is 2.35. The lowest BCUT2D eigenvalue weighted by molar-refractivity contribution is 1.13. The van der Waals surface area contributed by atoms with Crippen molar-refractivity contribution in [3.8, 4) is 28.5 Å². The van der Waals surface area contributed by atoms with Crippen molar-refractivity contribution in [2.24, 2.45) is 0 Å². The van der Waals surface area contributed by atoms with Gasteiger partial charge in [0, 0.05) is 35.9 Å². The molecule has 130 valence electrons. The third-order valence-electron chi connectivity index (χ3n) is 4.06. The summed E-state index contributed by atoms with van der Waals surface area (Å²) >= 11 is 12.3. The van der Waals surface area contributed by atoms with Crippen molar-refractivity contribution in [3.05, 3.63) is 64.1 Å². The first-order valence-electron chi connectivity index (χ1n) is 7.84. The number of hydrogen-bond donors (Lipinski definition) is 1. The lowest BCUT2D eigenvalue weighted by atomic mass is 9.98. The van der Waals surface area contributed by atoms with Gasteiger partial charge >= 0.3 is 0 Å². The van der Waals surface area contributed by atoms with Crippen molar-refractivity contribution >= 4 is 34.7 Å². The number of nitrogen functional groups attached to an aromatic ring is 1. The normalized spacial score (nSPS) is 10.4. The summed E-state index contributed by atoms with van der Waals surface area (Å²) in [5.74, 6) is 0.169. The zero-order chi connectivity index (χ0) is 18.8. The van der Waals surface area contributed by atoms with Gasteiger partial charge in [0.1, 0.15) is 17.5 Å². The molecule has 0 aliphatic carbocycles. The molecule has 3 aromatic rings. The quantitative estimate of drug-likeness (QED) is 0.672. The van der Waals surface area contributed by atoms with Crippen LogP contribution in [0.4, 0.5) is 11.5 Å². The van der Waals surface area contributed by atoms with E-state index in [0.717, 1.165) is 11.3 Å². The summed E-state index contributed by atoms with van der Waals surface area (Å²) in [6.45, 7) is 0. The second-order valence-corrected chi connectivity index (χ2v) is 6.84. The summed E-state index contributed by atoms with van der Waals surface area (Å²) in [7, 11) is 3.95. The van der Waals surface area contributed by atoms with Crippen LogP contribution >= 0.6 is 23.2 Å². The molecule has 0 bridgehead atoms. The van der Waals surface area contributed by atoms with Crippen molar-refractivity contribution < 1.29 is 0 Å². The van der Waals surface area contributed by atoms with Gasteiger partial charge in [0.2, 0.25) is 0 Å². The zero-order valence-corrected chi connectivity index (χ0v) is 15.8. The standard InChI is InChI=1S/C20H16Cl2N4/c1-26(2)14-6-3-12(4-7-14)16-10-19(25-20(24)17(16)11-23)15-8-5-13(21)9-18(15)22/h3-10H,1-2H3,(H2,24,25). The molecule has 4 nitrogen and oxygen atoms in total. The minimum absolute atomic E-state index is 0.169. The molecule has 3 rings (SSSR count). The Morgan fingerprint density at radius 3 is 2.27 bits per heavy atom. The number of hydrogen-bond acceptors (Lipinski definition) is 4. The number of benzene rings is 2. The van der Waals surface area contributed by atoms with Crippen LogP contribution in [0.5, 0.6) is 0 Å². The van der Waals surface area contributed by atoms with Gasteiger partial charge in [-0.05, 0) is 42.0 Å². The van der Waals surface area contributed by atoms with E-state index in [1.54, 1.807) is 18.2 Å². The first-order chi connectivity index (χ1) is 12.4. The summed E-state index contributed by atoms with van der Waals surface area (Å²) < 4.78 is 0. The van der Waals surface area contributed by atoms with E-state index in [4.69, 9.17) is 28.9 Å². The molecule has 0 aliphatic heterocycles. The number of aromatic nitrogens is 1. The lowest BCUT2D eigenvalue weighted by Crippen LogP contribution is -2.08. The van der Waals surface area contributed by atoms with Crippen molar-refractivity contribution in [1.29, 1.82) is 5.26 Å². The maximum absolute atomic E-state index is 9.53. The highest BCUT2D eigenvalue weighted by atomic mass is 35.5. The van der Waals surface area contributed by atoms with Crippen LogP contribution in [0.25, 0.3) is 22.4 Å². The SMILES string of the molecule is CN(C)c1ccc(-c2cc(-c3ccc(Cl)cc3Cl)nc(N)c2C#N)cc1. The molecule has 0 unspecified atom stereocenters. The van der Waals surface area contributed by atoms with E-state index in [2.05, 4.69) is 11.1 Å². The average molecular weight is 383 g/mol. The minimum atomic E-state index is 0.169. The molecular weight excluding hydrogens is 367 g/mol.